The molecule has 2 N–H and O–H groups in total. The Kier molecular flexibility index (Phi) is 7.79. The molecule has 2 aromatic carbocycles. The van der Waals surface area contributed by atoms with Gasteiger partial charge in [0.15, 0.2) is 0 Å². The molecule has 3 rings (SSSR count). The second kappa shape index (κ2) is 10.3. The van der Waals surface area contributed by atoms with E-state index >= 15 is 0 Å². The first-order valence-corrected chi connectivity index (χ1v) is 11.4. The standard InChI is InChI=1S/C24H31N3O2S/c1-24(2,12-18-7-9-21(29-3)10-8-18)26-14-23(28)22-16-30-17-27(22)15-20-6-4-5-19(11-20)13-25/h4-11,22-23,26,28H,12,14-17H2,1-3H3/t22-,23+/m1/s1. The largest absolute Gasteiger partial charge is 0.497 e. The lowest BCUT2D eigenvalue weighted by atomic mass is 9.94. The summed E-state index contributed by atoms with van der Waals surface area (Å²) in [6, 6.07) is 18.2. The summed E-state index contributed by atoms with van der Waals surface area (Å²) < 4.78 is 5.23. The number of ether oxygens (including phenoxy) is 1. The minimum absolute atomic E-state index is 0.102. The topological polar surface area (TPSA) is 68.5 Å². The highest BCUT2D eigenvalue weighted by atomic mass is 32.2. The van der Waals surface area contributed by atoms with E-state index in [1.165, 1.54) is 5.56 Å². The van der Waals surface area contributed by atoms with Gasteiger partial charge in [0.1, 0.15) is 5.75 Å². The molecule has 0 bridgehead atoms. The number of aliphatic hydroxyl groups excluding tert-OH is 1. The highest BCUT2D eigenvalue weighted by Gasteiger charge is 2.32. The van der Waals surface area contributed by atoms with Crippen LogP contribution in [0, 0.1) is 11.3 Å². The fourth-order valence-corrected chi connectivity index (χ4v) is 5.11. The molecule has 5 nitrogen and oxygen atoms in total. The van der Waals surface area contributed by atoms with E-state index in [0.717, 1.165) is 35.9 Å². The van der Waals surface area contributed by atoms with Gasteiger partial charge in [0.25, 0.3) is 0 Å². The molecule has 6 heteroatoms. The van der Waals surface area contributed by atoms with Crippen molar-refractivity contribution >= 4 is 11.8 Å². The number of methoxy groups -OCH3 is 1. The van der Waals surface area contributed by atoms with Crippen LogP contribution in [0.5, 0.6) is 5.75 Å². The molecule has 1 aliphatic rings. The Morgan fingerprint density at radius 1 is 1.27 bits per heavy atom. The van der Waals surface area contributed by atoms with E-state index in [9.17, 15) is 5.11 Å². The SMILES string of the molecule is COc1ccc(CC(C)(C)NC[C@H](O)[C@H]2CSCN2Cc2cccc(C#N)c2)cc1. The Morgan fingerprint density at radius 2 is 2.03 bits per heavy atom. The van der Waals surface area contributed by atoms with Crippen LogP contribution in [0.4, 0.5) is 0 Å². The number of nitrogens with one attached hydrogen (secondary N) is 1. The van der Waals surface area contributed by atoms with Crippen LogP contribution in [0.1, 0.15) is 30.5 Å². The van der Waals surface area contributed by atoms with Crippen LogP contribution in [-0.2, 0) is 13.0 Å². The summed E-state index contributed by atoms with van der Waals surface area (Å²) in [7, 11) is 1.67. The molecule has 30 heavy (non-hydrogen) atoms. The van der Waals surface area contributed by atoms with E-state index < -0.39 is 6.10 Å². The third kappa shape index (κ3) is 6.23. The Hall–Kier alpha value is -2.04. The number of nitriles is 1. The van der Waals surface area contributed by atoms with Crippen molar-refractivity contribution in [2.24, 2.45) is 0 Å². The van der Waals surface area contributed by atoms with Gasteiger partial charge in [-0.15, -0.1) is 11.8 Å². The highest BCUT2D eigenvalue weighted by molar-refractivity contribution is 7.99. The predicted octanol–water partition coefficient (Wildman–Crippen LogP) is 3.41. The fourth-order valence-electron chi connectivity index (χ4n) is 3.82. The van der Waals surface area contributed by atoms with E-state index in [0.29, 0.717) is 12.1 Å². The second-order valence-electron chi connectivity index (χ2n) is 8.48. The van der Waals surface area contributed by atoms with Gasteiger partial charge < -0.3 is 15.2 Å². The van der Waals surface area contributed by atoms with Crippen molar-refractivity contribution in [3.8, 4) is 11.8 Å². The van der Waals surface area contributed by atoms with Crippen molar-refractivity contribution in [2.45, 2.75) is 44.5 Å². The van der Waals surface area contributed by atoms with E-state index in [2.05, 4.69) is 42.3 Å². The van der Waals surface area contributed by atoms with Crippen molar-refractivity contribution in [1.29, 1.82) is 5.26 Å². The molecule has 0 aliphatic carbocycles. The molecular formula is C24H31N3O2S. The van der Waals surface area contributed by atoms with Crippen molar-refractivity contribution in [2.75, 3.05) is 25.3 Å². The molecule has 160 valence electrons. The zero-order chi connectivity index (χ0) is 21.6. The maximum atomic E-state index is 10.9. The quantitative estimate of drug-likeness (QED) is 0.642. The molecule has 1 saturated heterocycles. The van der Waals surface area contributed by atoms with Gasteiger partial charge in [-0.3, -0.25) is 4.90 Å². The van der Waals surface area contributed by atoms with Crippen molar-refractivity contribution in [1.82, 2.24) is 10.2 Å². The lowest BCUT2D eigenvalue weighted by molar-refractivity contribution is 0.0684. The van der Waals surface area contributed by atoms with Crippen LogP contribution < -0.4 is 10.1 Å². The Bertz CT molecular complexity index is 863. The number of rotatable bonds is 9. The summed E-state index contributed by atoms with van der Waals surface area (Å²) >= 11 is 1.85. The van der Waals surface area contributed by atoms with Gasteiger partial charge >= 0.3 is 0 Å². The number of aliphatic hydroxyl groups is 1. The molecular weight excluding hydrogens is 394 g/mol. The average Bonchev–Trinajstić information content (AvgIpc) is 3.20. The first-order valence-electron chi connectivity index (χ1n) is 10.3. The zero-order valence-electron chi connectivity index (χ0n) is 18.0. The second-order valence-corrected chi connectivity index (χ2v) is 9.48. The third-order valence-electron chi connectivity index (χ3n) is 5.50. The lowest BCUT2D eigenvalue weighted by Gasteiger charge is -2.32. The minimum Gasteiger partial charge on any atom is -0.497 e. The lowest BCUT2D eigenvalue weighted by Crippen LogP contribution is -2.50. The van der Waals surface area contributed by atoms with E-state index in [4.69, 9.17) is 10.00 Å². The summed E-state index contributed by atoms with van der Waals surface area (Å²) in [6.45, 7) is 5.62. The molecule has 2 atom stereocenters. The molecule has 0 saturated carbocycles. The maximum absolute atomic E-state index is 10.9. The molecule has 0 spiro atoms. The molecule has 1 heterocycles. The molecule has 0 radical (unpaired) electrons. The number of benzene rings is 2. The van der Waals surface area contributed by atoms with Crippen LogP contribution in [0.15, 0.2) is 48.5 Å². The highest BCUT2D eigenvalue weighted by Crippen LogP contribution is 2.26. The van der Waals surface area contributed by atoms with Gasteiger partial charge in [-0.25, -0.2) is 0 Å². The number of hydrogen-bond donors (Lipinski definition) is 2. The molecule has 1 aliphatic heterocycles. The van der Waals surface area contributed by atoms with Crippen LogP contribution in [0.3, 0.4) is 0 Å². The summed E-state index contributed by atoms with van der Waals surface area (Å²) in [5.41, 5.74) is 2.89. The maximum Gasteiger partial charge on any atom is 0.118 e. The number of nitrogens with zero attached hydrogens (tertiary/aromatic N) is 2. The number of hydrogen-bond acceptors (Lipinski definition) is 6. The van der Waals surface area contributed by atoms with E-state index in [-0.39, 0.29) is 11.6 Å². The Labute approximate surface area is 184 Å². The summed E-state index contributed by atoms with van der Waals surface area (Å²) in [4.78, 5) is 2.31. The summed E-state index contributed by atoms with van der Waals surface area (Å²) in [5.74, 6) is 2.67. The Morgan fingerprint density at radius 3 is 2.73 bits per heavy atom. The van der Waals surface area contributed by atoms with E-state index in [1.807, 2.05) is 48.2 Å². The van der Waals surface area contributed by atoms with Gasteiger partial charge in [0.05, 0.1) is 24.8 Å². The minimum atomic E-state index is -0.450. The first-order chi connectivity index (χ1) is 14.4. The van der Waals surface area contributed by atoms with E-state index in [1.54, 1.807) is 7.11 Å². The van der Waals surface area contributed by atoms with Gasteiger partial charge in [0.2, 0.25) is 0 Å². The van der Waals surface area contributed by atoms with Crippen LogP contribution >= 0.6 is 11.8 Å². The Balaban J connectivity index is 1.54. The fraction of sp³-hybridized carbons (Fsp3) is 0.458. The van der Waals surface area contributed by atoms with Crippen molar-refractivity contribution in [3.05, 3.63) is 65.2 Å². The predicted molar refractivity (Wildman–Crippen MR) is 123 cm³/mol. The van der Waals surface area contributed by atoms with Crippen molar-refractivity contribution < 1.29 is 9.84 Å². The van der Waals surface area contributed by atoms with Gasteiger partial charge in [-0.2, -0.15) is 5.26 Å². The molecule has 1 fully saturated rings. The smallest absolute Gasteiger partial charge is 0.118 e. The molecule has 0 amide bonds. The first kappa shape index (κ1) is 22.6. The third-order valence-corrected chi connectivity index (χ3v) is 6.59. The molecule has 0 unspecified atom stereocenters. The van der Waals surface area contributed by atoms with Gasteiger partial charge in [0, 0.05) is 36.3 Å². The summed E-state index contributed by atoms with van der Waals surface area (Å²) in [5, 5.41) is 23.6. The van der Waals surface area contributed by atoms with Crippen molar-refractivity contribution in [3.63, 3.8) is 0 Å². The average molecular weight is 426 g/mol. The monoisotopic (exact) mass is 425 g/mol. The molecule has 2 aromatic rings. The van der Waals surface area contributed by atoms with Gasteiger partial charge in [-0.05, 0) is 55.7 Å². The number of β-amino-alcohol motifs (C(OH)–C–C–N with tert-alkyl or cyclic N) is 1. The number of thioether (sulfide) groups is 1. The normalized spacial score (nSPS) is 18.2. The zero-order valence-corrected chi connectivity index (χ0v) is 18.8. The van der Waals surface area contributed by atoms with Crippen LogP contribution in [0.2, 0.25) is 0 Å². The summed E-state index contributed by atoms with van der Waals surface area (Å²) in [6.07, 6.45) is 0.419. The van der Waals surface area contributed by atoms with Gasteiger partial charge in [-0.1, -0.05) is 24.3 Å². The molecule has 0 aromatic heterocycles. The van der Waals surface area contributed by atoms with Crippen LogP contribution in [-0.4, -0.2) is 53.0 Å². The van der Waals surface area contributed by atoms with Crippen LogP contribution in [0.25, 0.3) is 0 Å².